The highest BCUT2D eigenvalue weighted by molar-refractivity contribution is 7.80. The number of hydrogen-bond donors (Lipinski definition) is 3. The molecule has 1 aliphatic rings. The molecule has 1 aromatic heterocycles. The third kappa shape index (κ3) is 3.10. The third-order valence-corrected chi connectivity index (χ3v) is 2.73. The van der Waals surface area contributed by atoms with Crippen LogP contribution in [0.1, 0.15) is 18.5 Å². The summed E-state index contributed by atoms with van der Waals surface area (Å²) >= 11 is 4.79. The minimum Gasteiger partial charge on any atom is -0.388 e. The lowest BCUT2D eigenvalue weighted by Gasteiger charge is -2.23. The molecule has 0 aliphatic carbocycles. The molecule has 1 aromatic rings. The van der Waals surface area contributed by atoms with E-state index < -0.39 is 0 Å². The van der Waals surface area contributed by atoms with Crippen LogP contribution in [0.3, 0.4) is 0 Å². The van der Waals surface area contributed by atoms with Crippen LogP contribution in [-0.4, -0.2) is 33.5 Å². The molecular formula is C10H13N5OS. The van der Waals surface area contributed by atoms with E-state index in [-0.39, 0.29) is 16.9 Å². The van der Waals surface area contributed by atoms with Gasteiger partial charge < -0.3 is 16.4 Å². The van der Waals surface area contributed by atoms with Crippen molar-refractivity contribution in [2.45, 2.75) is 18.9 Å². The quantitative estimate of drug-likeness (QED) is 0.644. The Hall–Kier alpha value is -1.76. The fourth-order valence-corrected chi connectivity index (χ4v) is 1.70. The third-order valence-electron chi connectivity index (χ3n) is 2.52. The number of hydrogen-bond acceptors (Lipinski definition) is 5. The second-order valence-electron chi connectivity index (χ2n) is 3.84. The van der Waals surface area contributed by atoms with E-state index >= 15 is 0 Å². The topological polar surface area (TPSA) is 92.9 Å². The van der Waals surface area contributed by atoms with Gasteiger partial charge in [-0.3, -0.25) is 4.79 Å². The summed E-state index contributed by atoms with van der Waals surface area (Å²) in [6, 6.07) is 0.192. The molecule has 1 saturated heterocycles. The van der Waals surface area contributed by atoms with Crippen molar-refractivity contribution in [1.29, 1.82) is 0 Å². The van der Waals surface area contributed by atoms with E-state index in [1.165, 1.54) is 6.20 Å². The number of carbonyl (C=O) groups is 1. The maximum Gasteiger partial charge on any atom is 0.220 e. The van der Waals surface area contributed by atoms with Crippen molar-refractivity contribution >= 4 is 28.9 Å². The maximum absolute atomic E-state index is 11.0. The molecular weight excluding hydrogens is 238 g/mol. The number of anilines is 1. The molecule has 90 valence electrons. The molecule has 1 fully saturated rings. The van der Waals surface area contributed by atoms with Crippen LogP contribution in [0.25, 0.3) is 0 Å². The molecule has 7 heteroatoms. The van der Waals surface area contributed by atoms with Crippen LogP contribution in [0.2, 0.25) is 0 Å². The first-order chi connectivity index (χ1) is 8.15. The zero-order chi connectivity index (χ0) is 12.3. The summed E-state index contributed by atoms with van der Waals surface area (Å²) < 4.78 is 0. The first-order valence-corrected chi connectivity index (χ1v) is 5.71. The summed E-state index contributed by atoms with van der Waals surface area (Å²) in [5.41, 5.74) is 5.93. The fraction of sp³-hybridized carbons (Fsp3) is 0.400. The summed E-state index contributed by atoms with van der Waals surface area (Å²) in [5, 5.41) is 5.99. The lowest BCUT2D eigenvalue weighted by Crippen LogP contribution is -2.42. The SMILES string of the molecule is NC(=S)c1cnc(NC2CCC(=O)NC2)cn1. The van der Waals surface area contributed by atoms with Gasteiger partial charge in [0.15, 0.2) is 0 Å². The summed E-state index contributed by atoms with van der Waals surface area (Å²) in [7, 11) is 0. The van der Waals surface area contributed by atoms with E-state index in [4.69, 9.17) is 18.0 Å². The molecule has 17 heavy (non-hydrogen) atoms. The summed E-state index contributed by atoms with van der Waals surface area (Å²) in [6.45, 7) is 0.609. The van der Waals surface area contributed by atoms with Gasteiger partial charge in [0.05, 0.1) is 12.4 Å². The van der Waals surface area contributed by atoms with Gasteiger partial charge in [-0.05, 0) is 6.42 Å². The van der Waals surface area contributed by atoms with Gasteiger partial charge in [0.25, 0.3) is 0 Å². The van der Waals surface area contributed by atoms with E-state index in [0.717, 1.165) is 6.42 Å². The Labute approximate surface area is 104 Å². The zero-order valence-corrected chi connectivity index (χ0v) is 9.96. The Kier molecular flexibility index (Phi) is 3.48. The average Bonchev–Trinajstić information content (AvgIpc) is 2.33. The minimum atomic E-state index is 0.0953. The summed E-state index contributed by atoms with van der Waals surface area (Å²) in [4.78, 5) is 19.5. The van der Waals surface area contributed by atoms with E-state index in [1.54, 1.807) is 6.20 Å². The number of piperidine rings is 1. The van der Waals surface area contributed by atoms with Gasteiger partial charge in [0, 0.05) is 19.0 Å². The highest BCUT2D eigenvalue weighted by Gasteiger charge is 2.17. The molecule has 1 unspecified atom stereocenters. The highest BCUT2D eigenvalue weighted by Crippen LogP contribution is 2.09. The molecule has 0 aromatic carbocycles. The van der Waals surface area contributed by atoms with Gasteiger partial charge in [-0.1, -0.05) is 12.2 Å². The minimum absolute atomic E-state index is 0.0953. The van der Waals surface area contributed by atoms with E-state index in [2.05, 4.69) is 20.6 Å². The fourth-order valence-electron chi connectivity index (χ4n) is 1.59. The normalized spacial score (nSPS) is 19.5. The summed E-state index contributed by atoms with van der Waals surface area (Å²) in [5.74, 6) is 0.754. The Morgan fingerprint density at radius 3 is 2.88 bits per heavy atom. The van der Waals surface area contributed by atoms with Gasteiger partial charge in [0.2, 0.25) is 5.91 Å². The first kappa shape index (κ1) is 11.7. The van der Waals surface area contributed by atoms with Crippen molar-refractivity contribution in [3.63, 3.8) is 0 Å². The molecule has 0 radical (unpaired) electrons. The molecule has 0 spiro atoms. The Morgan fingerprint density at radius 1 is 1.53 bits per heavy atom. The van der Waals surface area contributed by atoms with Crippen LogP contribution in [0.5, 0.6) is 0 Å². The van der Waals surface area contributed by atoms with Crippen molar-refractivity contribution < 1.29 is 4.79 Å². The first-order valence-electron chi connectivity index (χ1n) is 5.30. The number of nitrogens with one attached hydrogen (secondary N) is 2. The smallest absolute Gasteiger partial charge is 0.220 e. The largest absolute Gasteiger partial charge is 0.388 e. The van der Waals surface area contributed by atoms with Crippen molar-refractivity contribution in [3.8, 4) is 0 Å². The molecule has 1 atom stereocenters. The molecule has 1 amide bonds. The number of amides is 1. The number of rotatable bonds is 3. The molecule has 4 N–H and O–H groups in total. The Bertz CT molecular complexity index is 423. The lowest BCUT2D eigenvalue weighted by molar-refractivity contribution is -0.122. The molecule has 6 nitrogen and oxygen atoms in total. The van der Waals surface area contributed by atoms with Crippen molar-refractivity contribution in [3.05, 3.63) is 18.1 Å². The van der Waals surface area contributed by atoms with Crippen LogP contribution >= 0.6 is 12.2 Å². The maximum atomic E-state index is 11.0. The standard InChI is InChI=1S/C10H13N5OS/c11-10(17)7-4-13-8(5-12-7)15-6-1-2-9(16)14-3-6/h4-6H,1-3H2,(H2,11,17)(H,13,15)(H,14,16). The Balaban J connectivity index is 1.95. The van der Waals surface area contributed by atoms with E-state index in [1.807, 2.05) is 0 Å². The molecule has 0 saturated carbocycles. The predicted molar refractivity (Wildman–Crippen MR) is 67.6 cm³/mol. The summed E-state index contributed by atoms with van der Waals surface area (Å²) in [6.07, 6.45) is 4.46. The van der Waals surface area contributed by atoms with Gasteiger partial charge in [-0.2, -0.15) is 0 Å². The average molecular weight is 251 g/mol. The van der Waals surface area contributed by atoms with Gasteiger partial charge in [-0.25, -0.2) is 9.97 Å². The van der Waals surface area contributed by atoms with Crippen LogP contribution in [-0.2, 0) is 4.79 Å². The zero-order valence-electron chi connectivity index (χ0n) is 9.14. The van der Waals surface area contributed by atoms with Crippen molar-refractivity contribution in [2.75, 3.05) is 11.9 Å². The second-order valence-corrected chi connectivity index (χ2v) is 4.27. The lowest BCUT2D eigenvalue weighted by atomic mass is 10.1. The highest BCUT2D eigenvalue weighted by atomic mass is 32.1. The van der Waals surface area contributed by atoms with Crippen molar-refractivity contribution in [2.24, 2.45) is 5.73 Å². The van der Waals surface area contributed by atoms with Crippen LogP contribution in [0.4, 0.5) is 5.82 Å². The predicted octanol–water partition coefficient (Wildman–Crippen LogP) is -0.199. The van der Waals surface area contributed by atoms with Gasteiger partial charge in [0.1, 0.15) is 16.5 Å². The number of thiocarbonyl (C=S) groups is 1. The number of aromatic nitrogens is 2. The van der Waals surface area contributed by atoms with Crippen molar-refractivity contribution in [1.82, 2.24) is 15.3 Å². The van der Waals surface area contributed by atoms with Gasteiger partial charge in [-0.15, -0.1) is 0 Å². The second kappa shape index (κ2) is 5.05. The van der Waals surface area contributed by atoms with Crippen LogP contribution in [0, 0.1) is 0 Å². The number of nitrogens with zero attached hydrogens (tertiary/aromatic N) is 2. The Morgan fingerprint density at radius 2 is 2.35 bits per heavy atom. The molecule has 2 heterocycles. The van der Waals surface area contributed by atoms with Crippen LogP contribution in [0.15, 0.2) is 12.4 Å². The van der Waals surface area contributed by atoms with E-state index in [0.29, 0.717) is 24.5 Å². The number of nitrogens with two attached hydrogens (primary N) is 1. The molecule has 0 bridgehead atoms. The van der Waals surface area contributed by atoms with Crippen LogP contribution < -0.4 is 16.4 Å². The molecule has 1 aliphatic heterocycles. The van der Waals surface area contributed by atoms with Gasteiger partial charge >= 0.3 is 0 Å². The molecule has 2 rings (SSSR count). The number of carbonyl (C=O) groups excluding carboxylic acids is 1. The monoisotopic (exact) mass is 251 g/mol. The van der Waals surface area contributed by atoms with E-state index in [9.17, 15) is 4.79 Å².